The van der Waals surface area contributed by atoms with Crippen LogP contribution >= 0.6 is 43.5 Å². The largest absolute Gasteiger partial charge is 0.507 e. The van der Waals surface area contributed by atoms with Gasteiger partial charge in [0, 0.05) is 99.8 Å². The summed E-state index contributed by atoms with van der Waals surface area (Å²) in [4.78, 5) is 48.8. The molecule has 0 spiro atoms. The number of aromatic hydroxyl groups is 1. The van der Waals surface area contributed by atoms with E-state index < -0.39 is 0 Å². The van der Waals surface area contributed by atoms with E-state index in [2.05, 4.69) is 59.2 Å². The number of hydrogen-bond donors (Lipinski definition) is 5. The fourth-order valence-electron chi connectivity index (χ4n) is 9.93. The topological polar surface area (TPSA) is 216 Å². The number of hydrogen-bond acceptors (Lipinski definition) is 12. The van der Waals surface area contributed by atoms with Gasteiger partial charge in [-0.15, -0.1) is 0 Å². The van der Waals surface area contributed by atoms with Gasteiger partial charge in [-0.25, -0.2) is 4.39 Å². The Kier molecular flexibility index (Phi) is 19.7. The van der Waals surface area contributed by atoms with Gasteiger partial charge in [0.05, 0.1) is 71.1 Å². The lowest BCUT2D eigenvalue weighted by molar-refractivity contribution is -0.111. The average molecular weight is 1340 g/mol. The molecule has 8 aromatic rings. The summed E-state index contributed by atoms with van der Waals surface area (Å²) < 4.78 is 46.8. The first kappa shape index (κ1) is 63.4. The summed E-state index contributed by atoms with van der Waals surface area (Å²) in [6.45, 7) is 3.64. The van der Waals surface area contributed by atoms with Crippen molar-refractivity contribution >= 4 is 136 Å². The number of nitrogens with zero attached hydrogens (tertiary/aromatic N) is 1. The van der Waals surface area contributed by atoms with Crippen LogP contribution in [0.15, 0.2) is 142 Å². The molecule has 0 fully saturated rings. The number of phenolic OH excluding ortho intramolecular Hbond substituents is 1. The highest BCUT2D eigenvalue weighted by molar-refractivity contribution is 9.10. The number of ether oxygens (including phenoxy) is 6. The molecule has 0 aliphatic carbocycles. The number of carbonyl (C=O) groups excluding carboxylic acids is 4. The number of phenols is 1. The number of halogens is 4. The van der Waals surface area contributed by atoms with Crippen LogP contribution in [0.4, 0.5) is 27.1 Å². The Bertz CT molecular complexity index is 4220. The van der Waals surface area contributed by atoms with Crippen molar-refractivity contribution in [2.75, 3.05) is 63.9 Å². The highest BCUT2D eigenvalue weighted by atomic mass is 79.9. The molecule has 0 aromatic heterocycles. The van der Waals surface area contributed by atoms with Crippen LogP contribution in [0.2, 0.25) is 5.02 Å². The molecule has 12 rings (SSSR count). The van der Waals surface area contributed by atoms with Gasteiger partial charge in [0.1, 0.15) is 46.1 Å². The number of aryl methyl sites for hydroxylation is 2. The molecule has 0 saturated heterocycles. The fraction of sp³-hybridized carbons (Fsp3) is 0.116. The Labute approximate surface area is 534 Å². The molecule has 0 bridgehead atoms. The molecule has 4 aliphatic heterocycles. The number of rotatable bonds is 10. The molecule has 4 heterocycles. The van der Waals surface area contributed by atoms with E-state index in [4.69, 9.17) is 45.3 Å². The molecule has 89 heavy (non-hydrogen) atoms. The Hall–Kier alpha value is -10.1. The van der Waals surface area contributed by atoms with Crippen molar-refractivity contribution in [1.29, 1.82) is 5.26 Å². The minimum Gasteiger partial charge on any atom is -0.507 e. The Morgan fingerprint density at radius 2 is 0.933 bits per heavy atom. The van der Waals surface area contributed by atoms with Crippen LogP contribution in [-0.4, -0.2) is 71.4 Å². The van der Waals surface area contributed by atoms with Crippen LogP contribution in [0.3, 0.4) is 0 Å². The molecule has 0 saturated carbocycles. The lowest BCUT2D eigenvalue weighted by Gasteiger charge is -2.13. The minimum absolute atomic E-state index is 0.141. The maximum atomic E-state index is 12.9. The van der Waals surface area contributed by atoms with Crippen LogP contribution in [0, 0.1) is 31.0 Å². The second kappa shape index (κ2) is 27.7. The maximum Gasteiger partial charge on any atom is 0.256 e. The molecule has 20 heteroatoms. The van der Waals surface area contributed by atoms with E-state index in [1.165, 1.54) is 12.1 Å². The van der Waals surface area contributed by atoms with Gasteiger partial charge in [0.2, 0.25) is 0 Å². The molecule has 4 amide bonds. The first-order valence-corrected chi connectivity index (χ1v) is 29.0. The zero-order chi connectivity index (χ0) is 63.8. The molecular formula is C69H55Br2ClFN5O11. The summed E-state index contributed by atoms with van der Waals surface area (Å²) in [5.74, 6) is 2.71. The zero-order valence-corrected chi connectivity index (χ0v) is 52.9. The Balaban J connectivity index is 0.000000141. The van der Waals surface area contributed by atoms with Crippen molar-refractivity contribution in [2.45, 2.75) is 13.8 Å². The van der Waals surface area contributed by atoms with Crippen molar-refractivity contribution in [1.82, 2.24) is 0 Å². The van der Waals surface area contributed by atoms with Gasteiger partial charge in [-0.1, -0.05) is 51.8 Å². The second-order valence-corrected chi connectivity index (χ2v) is 22.1. The number of methoxy groups -OCH3 is 6. The molecule has 16 nitrogen and oxygen atoms in total. The van der Waals surface area contributed by atoms with Crippen molar-refractivity contribution in [3.05, 3.63) is 214 Å². The number of anilines is 4. The lowest BCUT2D eigenvalue weighted by Crippen LogP contribution is -2.04. The predicted molar refractivity (Wildman–Crippen MR) is 353 cm³/mol. The van der Waals surface area contributed by atoms with Gasteiger partial charge in [0.15, 0.2) is 0 Å². The first-order chi connectivity index (χ1) is 42.8. The van der Waals surface area contributed by atoms with E-state index in [1.807, 2.05) is 62.4 Å². The normalized spacial score (nSPS) is 14.6. The molecule has 8 aromatic carbocycles. The highest BCUT2D eigenvalue weighted by Gasteiger charge is 2.29. The van der Waals surface area contributed by atoms with Crippen molar-refractivity contribution in [3.63, 3.8) is 0 Å². The van der Waals surface area contributed by atoms with E-state index in [9.17, 15) is 28.7 Å². The summed E-state index contributed by atoms with van der Waals surface area (Å²) >= 11 is 12.9. The number of nitriles is 1. The molecular weight excluding hydrogens is 1290 g/mol. The number of benzene rings is 8. The fourth-order valence-corrected chi connectivity index (χ4v) is 10.9. The highest BCUT2D eigenvalue weighted by Crippen LogP contribution is 2.44. The third-order valence-electron chi connectivity index (χ3n) is 14.3. The summed E-state index contributed by atoms with van der Waals surface area (Å²) in [6, 6.07) is 40.4. The monoisotopic (exact) mass is 1340 g/mol. The van der Waals surface area contributed by atoms with Crippen molar-refractivity contribution < 1.29 is 57.1 Å². The third kappa shape index (κ3) is 14.0. The van der Waals surface area contributed by atoms with Gasteiger partial charge in [-0.05, 0) is 161 Å². The van der Waals surface area contributed by atoms with E-state index in [0.29, 0.717) is 84.2 Å². The van der Waals surface area contributed by atoms with Gasteiger partial charge in [-0.3, -0.25) is 19.2 Å². The van der Waals surface area contributed by atoms with Crippen LogP contribution < -0.4 is 49.7 Å². The SMILES string of the molecule is COc1cc(OC)c(C=C2C(=O)Nc3c(Br)cccc32)c(OC)c1.COc1cc(OC)c(C=C2C(=O)Nc3ccc(Cl)cc32)c(OC)c1.Cc1cc(C=C2C(=O)Nc3ccc(C#N)cc32)cc(C)c1O.O=C1Nc2ccc(Br)cc2C1=Cc1ccc(F)cc1. The van der Waals surface area contributed by atoms with Gasteiger partial charge < -0.3 is 54.8 Å². The number of fused-ring (bicyclic) bond motifs is 4. The van der Waals surface area contributed by atoms with Crippen molar-refractivity contribution in [3.8, 4) is 46.3 Å². The summed E-state index contributed by atoms with van der Waals surface area (Å²) in [5, 5.41) is 30.7. The Morgan fingerprint density at radius 1 is 0.494 bits per heavy atom. The van der Waals surface area contributed by atoms with E-state index >= 15 is 0 Å². The standard InChI is InChI=1S/C18H16BrNO4.C18H16ClNO4.C18H14N2O2.C15H9BrFNO/c1-22-10-7-15(23-2)13(16(8-10)24-3)9-12-11-5-4-6-14(19)17(11)20-18(12)21;1-22-11-7-16(23-2)14(17(8-11)24-3)9-13-12-6-10(19)4-5-15(12)20-18(13)21;1-10-5-13(6-11(2)17(10)21)8-15-14-7-12(9-19)3-4-16(14)20-18(15)22;16-10-3-6-14-12(8-10)13(15(19)18-14)7-9-1-4-11(17)5-2-9/h2*4-9H,1-3H3,(H,20,21);3-8,21H,1-2H3,(H,20,22);1-8H,(H,18,19). The minimum atomic E-state index is -0.291. The predicted octanol–water partition coefficient (Wildman–Crippen LogP) is 15.3. The number of amides is 4. The maximum absolute atomic E-state index is 12.9. The van der Waals surface area contributed by atoms with Gasteiger partial charge >= 0.3 is 0 Å². The van der Waals surface area contributed by atoms with Crippen LogP contribution in [0.5, 0.6) is 40.2 Å². The molecule has 0 radical (unpaired) electrons. The molecule has 0 unspecified atom stereocenters. The van der Waals surface area contributed by atoms with Gasteiger partial charge in [-0.2, -0.15) is 5.26 Å². The number of para-hydroxylation sites is 1. The van der Waals surface area contributed by atoms with E-state index in [0.717, 1.165) is 70.5 Å². The number of carbonyl (C=O) groups is 4. The first-order valence-electron chi connectivity index (χ1n) is 27.0. The summed E-state index contributed by atoms with van der Waals surface area (Å²) in [6.07, 6.45) is 7.04. The van der Waals surface area contributed by atoms with Crippen LogP contribution in [-0.2, 0) is 19.2 Å². The molecule has 5 N–H and O–H groups in total. The van der Waals surface area contributed by atoms with E-state index in [-0.39, 0.29) is 35.2 Å². The average Bonchev–Trinajstić information content (AvgIpc) is 1.98. The summed E-state index contributed by atoms with van der Waals surface area (Å²) in [5.41, 5.74) is 13.3. The zero-order valence-electron chi connectivity index (χ0n) is 49.0. The lowest BCUT2D eigenvalue weighted by atomic mass is 9.99. The van der Waals surface area contributed by atoms with Gasteiger partial charge in [0.25, 0.3) is 23.6 Å². The molecule has 450 valence electrons. The second-order valence-electron chi connectivity index (χ2n) is 19.9. The molecule has 0 atom stereocenters. The van der Waals surface area contributed by atoms with E-state index in [1.54, 1.807) is 140 Å². The van der Waals surface area contributed by atoms with Crippen LogP contribution in [0.25, 0.3) is 46.6 Å². The summed E-state index contributed by atoms with van der Waals surface area (Å²) in [7, 11) is 9.37. The van der Waals surface area contributed by atoms with Crippen molar-refractivity contribution in [2.24, 2.45) is 0 Å². The number of nitrogens with one attached hydrogen (secondary N) is 4. The third-order valence-corrected chi connectivity index (χ3v) is 15.7. The quantitative estimate of drug-likeness (QED) is 0.0809. The van der Waals surface area contributed by atoms with Crippen LogP contribution in [0.1, 0.15) is 61.2 Å². The Morgan fingerprint density at radius 3 is 1.43 bits per heavy atom. The smallest absolute Gasteiger partial charge is 0.256 e. The molecule has 4 aliphatic rings.